The molecule has 0 aliphatic rings. The van der Waals surface area contributed by atoms with Gasteiger partial charge in [-0.3, -0.25) is 14.3 Å². The average molecular weight is 558 g/mol. The Kier molecular flexibility index (Phi) is 8.35. The number of hydrogen-bond acceptors (Lipinski definition) is 10. The summed E-state index contributed by atoms with van der Waals surface area (Å²) in [7, 11) is -1.24. The molecule has 3 aromatic heterocycles. The summed E-state index contributed by atoms with van der Waals surface area (Å²) < 4.78 is 61.6. The van der Waals surface area contributed by atoms with Gasteiger partial charge in [-0.25, -0.2) is 22.8 Å². The fraction of sp³-hybridized carbons (Fsp3) is 0.320. The molecule has 0 fully saturated rings. The smallest absolute Gasteiger partial charge is 0.243 e. The van der Waals surface area contributed by atoms with Crippen LogP contribution in [-0.4, -0.2) is 64.2 Å². The molecular weight excluding hydrogens is 529 g/mol. The molecule has 0 aliphatic carbocycles. The van der Waals surface area contributed by atoms with Gasteiger partial charge in [-0.2, -0.15) is 0 Å². The van der Waals surface area contributed by atoms with Gasteiger partial charge in [0.15, 0.2) is 17.5 Å². The number of aromatic nitrogens is 6. The van der Waals surface area contributed by atoms with Crippen LogP contribution in [0, 0.1) is 12.7 Å². The zero-order valence-electron chi connectivity index (χ0n) is 22.0. The largest absolute Gasteiger partial charge is 0.494 e. The van der Waals surface area contributed by atoms with Crippen LogP contribution >= 0.6 is 0 Å². The predicted molar refractivity (Wildman–Crippen MR) is 141 cm³/mol. The minimum absolute atomic E-state index is 0.0236. The molecule has 0 radical (unpaired) electrons. The number of aryl methyl sites for hydroxylation is 1. The maximum absolute atomic E-state index is 13.7. The van der Waals surface area contributed by atoms with E-state index < -0.39 is 27.2 Å². The van der Waals surface area contributed by atoms with E-state index >= 15 is 0 Å². The first-order chi connectivity index (χ1) is 18.7. The first-order valence-corrected chi connectivity index (χ1v) is 13.4. The highest BCUT2D eigenvalue weighted by atomic mass is 32.2. The number of sulfonamides is 1. The summed E-state index contributed by atoms with van der Waals surface area (Å²) >= 11 is 0. The molecule has 12 nitrogen and oxygen atoms in total. The highest BCUT2D eigenvalue weighted by Gasteiger charge is 2.35. The summed E-state index contributed by atoms with van der Waals surface area (Å²) in [6, 6.07) is 6.98. The topological polar surface area (TPSA) is 143 Å². The molecular formula is C25H28FN7O5S. The molecule has 0 unspecified atom stereocenters. The van der Waals surface area contributed by atoms with Crippen LogP contribution in [-0.2, 0) is 14.8 Å². The zero-order valence-corrected chi connectivity index (χ0v) is 22.8. The number of hydrogen-bond donors (Lipinski definition) is 1. The molecule has 1 N–H and O–H groups in total. The Hall–Kier alpha value is -4.17. The molecule has 0 spiro atoms. The first-order valence-electron chi connectivity index (χ1n) is 11.9. The Morgan fingerprint density at radius 2 is 1.72 bits per heavy atom. The number of anilines is 1. The molecule has 206 valence electrons. The predicted octanol–water partition coefficient (Wildman–Crippen LogP) is 3.49. The third-order valence-corrected chi connectivity index (χ3v) is 7.51. The normalized spacial score (nSPS) is 13.1. The van der Waals surface area contributed by atoms with E-state index in [0.717, 1.165) is 18.0 Å². The van der Waals surface area contributed by atoms with E-state index in [9.17, 15) is 12.8 Å². The standard InChI is InChI=1S/C25H28FN7O5S/c1-6-38-22(23-28-13-18(26)14-29-23)16(3)39(34,35)32-25-31-30-24(17-10-15(2)11-27-12-17)33(25)21-19(36-4)8-7-9-20(21)37-5/h7-14,16,22H,6H2,1-5H3,(H,31,32)/t16-,22-/m0/s1. The van der Waals surface area contributed by atoms with Crippen LogP contribution in [0.15, 0.2) is 49.1 Å². The van der Waals surface area contributed by atoms with Crippen molar-refractivity contribution in [1.29, 1.82) is 0 Å². The number of ether oxygens (including phenoxy) is 3. The zero-order chi connectivity index (χ0) is 28.2. The van der Waals surface area contributed by atoms with Crippen LogP contribution in [0.4, 0.5) is 10.3 Å². The lowest BCUT2D eigenvalue weighted by Crippen LogP contribution is -2.34. The number of pyridine rings is 1. The summed E-state index contributed by atoms with van der Waals surface area (Å²) in [5.41, 5.74) is 1.82. The summed E-state index contributed by atoms with van der Waals surface area (Å²) in [5, 5.41) is 7.24. The van der Waals surface area contributed by atoms with E-state index in [-0.39, 0.29) is 18.4 Å². The SMILES string of the molecule is CCO[C@H](c1ncc(F)cn1)[C@H](C)S(=O)(=O)Nc1nnc(-c2cncc(C)c2)n1-c1c(OC)cccc1OC. The van der Waals surface area contributed by atoms with Gasteiger partial charge in [0.25, 0.3) is 0 Å². The molecule has 0 amide bonds. The van der Waals surface area contributed by atoms with Crippen molar-refractivity contribution in [3.63, 3.8) is 0 Å². The van der Waals surface area contributed by atoms with Crippen molar-refractivity contribution < 1.29 is 27.0 Å². The van der Waals surface area contributed by atoms with Crippen LogP contribution in [0.1, 0.15) is 31.3 Å². The number of halogens is 1. The Balaban J connectivity index is 1.84. The highest BCUT2D eigenvalue weighted by molar-refractivity contribution is 7.93. The molecule has 2 atom stereocenters. The van der Waals surface area contributed by atoms with Crippen LogP contribution in [0.3, 0.4) is 0 Å². The number of rotatable bonds is 11. The van der Waals surface area contributed by atoms with Crippen molar-refractivity contribution in [2.24, 2.45) is 0 Å². The molecule has 1 aromatic carbocycles. The van der Waals surface area contributed by atoms with Gasteiger partial charge in [-0.05, 0) is 44.5 Å². The van der Waals surface area contributed by atoms with E-state index in [4.69, 9.17) is 14.2 Å². The monoisotopic (exact) mass is 557 g/mol. The molecule has 4 rings (SSSR count). The molecule has 0 saturated heterocycles. The van der Waals surface area contributed by atoms with Gasteiger partial charge in [0.1, 0.15) is 28.5 Å². The van der Waals surface area contributed by atoms with Gasteiger partial charge in [0.2, 0.25) is 16.0 Å². The van der Waals surface area contributed by atoms with Crippen LogP contribution < -0.4 is 14.2 Å². The van der Waals surface area contributed by atoms with Crippen molar-refractivity contribution in [2.75, 3.05) is 25.5 Å². The van der Waals surface area contributed by atoms with Gasteiger partial charge >= 0.3 is 0 Å². The number of para-hydroxylation sites is 1. The summed E-state index contributed by atoms with van der Waals surface area (Å²) in [6.45, 7) is 5.18. The summed E-state index contributed by atoms with van der Waals surface area (Å²) in [6.07, 6.45) is 4.09. The van der Waals surface area contributed by atoms with E-state index in [1.807, 2.05) is 13.0 Å². The van der Waals surface area contributed by atoms with Crippen LogP contribution in [0.25, 0.3) is 17.1 Å². The van der Waals surface area contributed by atoms with Crippen LogP contribution in [0.5, 0.6) is 11.5 Å². The number of benzene rings is 1. The lowest BCUT2D eigenvalue weighted by atomic mass is 10.2. The molecule has 4 aromatic rings. The second-order valence-electron chi connectivity index (χ2n) is 8.43. The Bertz CT molecular complexity index is 1520. The summed E-state index contributed by atoms with van der Waals surface area (Å²) in [5.74, 6) is 0.307. The van der Waals surface area contributed by atoms with E-state index in [1.165, 1.54) is 25.7 Å². The lowest BCUT2D eigenvalue weighted by Gasteiger charge is -2.23. The van der Waals surface area contributed by atoms with Gasteiger partial charge in [0.05, 0.1) is 26.6 Å². The number of methoxy groups -OCH3 is 2. The van der Waals surface area contributed by atoms with Crippen LogP contribution in [0.2, 0.25) is 0 Å². The van der Waals surface area contributed by atoms with Gasteiger partial charge < -0.3 is 14.2 Å². The number of nitrogens with one attached hydrogen (secondary N) is 1. The van der Waals surface area contributed by atoms with Gasteiger partial charge in [0, 0.05) is 24.6 Å². The maximum atomic E-state index is 13.7. The van der Waals surface area contributed by atoms with Crippen molar-refractivity contribution in [3.05, 3.63) is 66.3 Å². The van der Waals surface area contributed by atoms with Gasteiger partial charge in [-0.1, -0.05) is 6.07 Å². The minimum atomic E-state index is -4.21. The second kappa shape index (κ2) is 11.7. The van der Waals surface area contributed by atoms with E-state index in [1.54, 1.807) is 37.5 Å². The molecule has 14 heteroatoms. The first kappa shape index (κ1) is 27.9. The second-order valence-corrected chi connectivity index (χ2v) is 10.5. The van der Waals surface area contributed by atoms with Crippen molar-refractivity contribution >= 4 is 16.0 Å². The minimum Gasteiger partial charge on any atom is -0.494 e. The molecule has 39 heavy (non-hydrogen) atoms. The fourth-order valence-corrected chi connectivity index (χ4v) is 5.03. The highest BCUT2D eigenvalue weighted by Crippen LogP contribution is 2.38. The lowest BCUT2D eigenvalue weighted by molar-refractivity contribution is 0.0556. The maximum Gasteiger partial charge on any atom is 0.243 e. The molecule has 0 bridgehead atoms. The molecule has 3 heterocycles. The third kappa shape index (κ3) is 5.81. The van der Waals surface area contributed by atoms with Crippen molar-refractivity contribution in [1.82, 2.24) is 29.7 Å². The fourth-order valence-electron chi connectivity index (χ4n) is 3.93. The average Bonchev–Trinajstić information content (AvgIpc) is 3.33. The Morgan fingerprint density at radius 3 is 2.31 bits per heavy atom. The third-order valence-electron chi connectivity index (χ3n) is 5.81. The van der Waals surface area contributed by atoms with E-state index in [0.29, 0.717) is 28.6 Å². The molecule has 0 aliphatic heterocycles. The van der Waals surface area contributed by atoms with Gasteiger partial charge in [-0.15, -0.1) is 10.2 Å². The Morgan fingerprint density at radius 1 is 1.05 bits per heavy atom. The molecule has 0 saturated carbocycles. The number of nitrogens with zero attached hydrogens (tertiary/aromatic N) is 6. The van der Waals surface area contributed by atoms with Crippen molar-refractivity contribution in [3.8, 4) is 28.6 Å². The summed E-state index contributed by atoms with van der Waals surface area (Å²) in [4.78, 5) is 12.1. The van der Waals surface area contributed by atoms with E-state index in [2.05, 4.69) is 29.9 Å². The van der Waals surface area contributed by atoms with Crippen molar-refractivity contribution in [2.45, 2.75) is 32.1 Å². The quantitative estimate of drug-likeness (QED) is 0.291. The Labute approximate surface area is 225 Å².